The van der Waals surface area contributed by atoms with Crippen LogP contribution in [0.25, 0.3) is 11.0 Å². The topological polar surface area (TPSA) is 63.2 Å². The minimum Gasteiger partial charge on any atom is -0.207 e. The molecule has 1 aliphatic rings. The first-order chi connectivity index (χ1) is 11.6. The third-order valence-electron chi connectivity index (χ3n) is 4.59. The number of sulfonamides is 1. The molecule has 4 rings (SSSR count). The predicted octanol–water partition coefficient (Wildman–Crippen LogP) is 3.53. The highest BCUT2D eigenvalue weighted by Crippen LogP contribution is 2.38. The van der Waals surface area contributed by atoms with Crippen molar-refractivity contribution in [2.24, 2.45) is 0 Å². The number of benzene rings is 2. The van der Waals surface area contributed by atoms with E-state index in [4.69, 9.17) is 0 Å². The molecule has 0 saturated carbocycles. The van der Waals surface area contributed by atoms with Crippen LogP contribution >= 0.6 is 11.7 Å². The summed E-state index contributed by atoms with van der Waals surface area (Å²) in [4.78, 5) is 0.259. The van der Waals surface area contributed by atoms with Gasteiger partial charge in [0.15, 0.2) is 0 Å². The number of rotatable bonds is 3. The zero-order valence-corrected chi connectivity index (χ0v) is 14.8. The number of hydrogen-bond acceptors (Lipinski definition) is 5. The summed E-state index contributed by atoms with van der Waals surface area (Å²) in [5.41, 5.74) is 3.31. The number of hydrogen-bond donors (Lipinski definition) is 0. The van der Waals surface area contributed by atoms with Crippen LogP contribution in [0.15, 0.2) is 47.4 Å². The smallest absolute Gasteiger partial charge is 0.207 e. The zero-order valence-electron chi connectivity index (χ0n) is 13.2. The zero-order chi connectivity index (χ0) is 16.7. The fraction of sp³-hybridized carbons (Fsp3) is 0.294. The maximum atomic E-state index is 13.3. The van der Waals surface area contributed by atoms with Crippen LogP contribution in [0.5, 0.6) is 0 Å². The highest BCUT2D eigenvalue weighted by Gasteiger charge is 2.37. The molecule has 0 bridgehead atoms. The molecule has 7 heteroatoms. The van der Waals surface area contributed by atoms with Gasteiger partial charge in [-0.3, -0.25) is 0 Å². The lowest BCUT2D eigenvalue weighted by molar-refractivity contribution is 0.396. The fourth-order valence-corrected chi connectivity index (χ4v) is 5.84. The van der Waals surface area contributed by atoms with Gasteiger partial charge in [-0.15, -0.1) is 0 Å². The standard InChI is InChI=1S/C17H17N3O2S2/c1-12-6-2-3-7-13(12)15-9-5-11-20(15)24(21,22)16-10-4-8-14-17(16)19-23-18-14/h2-4,6-8,10,15H,5,9,11H2,1H3. The highest BCUT2D eigenvalue weighted by atomic mass is 32.2. The first-order valence-electron chi connectivity index (χ1n) is 7.88. The van der Waals surface area contributed by atoms with E-state index in [1.165, 1.54) is 0 Å². The van der Waals surface area contributed by atoms with Crippen molar-refractivity contribution >= 4 is 32.8 Å². The summed E-state index contributed by atoms with van der Waals surface area (Å²) in [6.07, 6.45) is 1.71. The summed E-state index contributed by atoms with van der Waals surface area (Å²) < 4.78 is 36.6. The van der Waals surface area contributed by atoms with Gasteiger partial charge in [0, 0.05) is 6.54 Å². The van der Waals surface area contributed by atoms with Gasteiger partial charge >= 0.3 is 0 Å². The summed E-state index contributed by atoms with van der Waals surface area (Å²) >= 11 is 1.04. The summed E-state index contributed by atoms with van der Waals surface area (Å²) in [5, 5.41) is 0. The molecule has 1 saturated heterocycles. The normalized spacial score (nSPS) is 19.1. The Morgan fingerprint density at radius 1 is 1.12 bits per heavy atom. The van der Waals surface area contributed by atoms with Crippen molar-refractivity contribution in [2.75, 3.05) is 6.54 Å². The van der Waals surface area contributed by atoms with Gasteiger partial charge in [-0.05, 0) is 43.0 Å². The van der Waals surface area contributed by atoms with Crippen LogP contribution in [0.1, 0.15) is 30.0 Å². The number of fused-ring (bicyclic) bond motifs is 1. The van der Waals surface area contributed by atoms with Gasteiger partial charge in [0.2, 0.25) is 10.0 Å². The number of aromatic nitrogens is 2. The maximum absolute atomic E-state index is 13.3. The molecule has 0 N–H and O–H groups in total. The van der Waals surface area contributed by atoms with E-state index >= 15 is 0 Å². The average Bonchev–Trinajstić information content (AvgIpc) is 3.24. The third kappa shape index (κ3) is 2.44. The van der Waals surface area contributed by atoms with E-state index in [1.54, 1.807) is 22.5 Å². The third-order valence-corrected chi connectivity index (χ3v) is 7.07. The van der Waals surface area contributed by atoms with E-state index in [0.29, 0.717) is 17.6 Å². The summed E-state index contributed by atoms with van der Waals surface area (Å²) in [7, 11) is -3.61. The lowest BCUT2D eigenvalue weighted by Gasteiger charge is -2.25. The molecule has 1 fully saturated rings. The Bertz CT molecular complexity index is 998. The van der Waals surface area contributed by atoms with Crippen LogP contribution in [0, 0.1) is 6.92 Å². The lowest BCUT2D eigenvalue weighted by Crippen LogP contribution is -2.31. The monoisotopic (exact) mass is 359 g/mol. The number of nitrogens with zero attached hydrogens (tertiary/aromatic N) is 3. The van der Waals surface area contributed by atoms with Crippen LogP contribution in [0.3, 0.4) is 0 Å². The van der Waals surface area contributed by atoms with Gasteiger partial charge in [-0.25, -0.2) is 8.42 Å². The molecule has 0 aliphatic carbocycles. The largest absolute Gasteiger partial charge is 0.245 e. The molecule has 3 aromatic rings. The van der Waals surface area contributed by atoms with E-state index in [-0.39, 0.29) is 10.9 Å². The van der Waals surface area contributed by atoms with Gasteiger partial charge in [0.1, 0.15) is 15.9 Å². The van der Waals surface area contributed by atoms with Crippen LogP contribution in [-0.4, -0.2) is 28.0 Å². The van der Waals surface area contributed by atoms with E-state index in [0.717, 1.165) is 35.7 Å². The van der Waals surface area contributed by atoms with E-state index in [1.807, 2.05) is 31.2 Å². The van der Waals surface area contributed by atoms with Crippen LogP contribution < -0.4 is 0 Å². The van der Waals surface area contributed by atoms with E-state index in [2.05, 4.69) is 8.75 Å². The molecule has 0 radical (unpaired) electrons. The molecule has 1 aromatic heterocycles. The first kappa shape index (κ1) is 15.7. The molecule has 1 atom stereocenters. The van der Waals surface area contributed by atoms with E-state index < -0.39 is 10.0 Å². The van der Waals surface area contributed by atoms with Crippen molar-refractivity contribution in [2.45, 2.75) is 30.7 Å². The minimum absolute atomic E-state index is 0.113. The van der Waals surface area contributed by atoms with Crippen LogP contribution in [0.4, 0.5) is 0 Å². The Morgan fingerprint density at radius 3 is 2.79 bits per heavy atom. The van der Waals surface area contributed by atoms with Crippen LogP contribution in [-0.2, 0) is 10.0 Å². The fourth-order valence-electron chi connectivity index (χ4n) is 3.42. The second-order valence-electron chi connectivity index (χ2n) is 6.02. The molecule has 2 aromatic carbocycles. The molecule has 0 spiro atoms. The van der Waals surface area contributed by atoms with Gasteiger partial charge in [0.25, 0.3) is 0 Å². The Hall–Kier alpha value is -1.83. The highest BCUT2D eigenvalue weighted by molar-refractivity contribution is 7.89. The Labute approximate surface area is 145 Å². The molecule has 1 aliphatic heterocycles. The van der Waals surface area contributed by atoms with Crippen molar-refractivity contribution in [3.63, 3.8) is 0 Å². The second kappa shape index (κ2) is 5.91. The molecular weight excluding hydrogens is 342 g/mol. The Morgan fingerprint density at radius 2 is 1.96 bits per heavy atom. The first-order valence-corrected chi connectivity index (χ1v) is 10.0. The van der Waals surface area contributed by atoms with Gasteiger partial charge in [-0.1, -0.05) is 30.3 Å². The minimum atomic E-state index is -3.61. The van der Waals surface area contributed by atoms with Crippen molar-refractivity contribution in [3.05, 3.63) is 53.6 Å². The maximum Gasteiger partial charge on any atom is 0.245 e. The number of aryl methyl sites for hydroxylation is 1. The summed E-state index contributed by atoms with van der Waals surface area (Å²) in [5.74, 6) is 0. The summed E-state index contributed by atoms with van der Waals surface area (Å²) in [6, 6.07) is 13.0. The van der Waals surface area contributed by atoms with E-state index in [9.17, 15) is 8.42 Å². The molecule has 2 heterocycles. The molecule has 24 heavy (non-hydrogen) atoms. The van der Waals surface area contributed by atoms with Crippen LogP contribution in [0.2, 0.25) is 0 Å². The molecule has 1 unspecified atom stereocenters. The van der Waals surface area contributed by atoms with Gasteiger partial charge in [0.05, 0.1) is 17.8 Å². The van der Waals surface area contributed by atoms with Crippen molar-refractivity contribution in [1.82, 2.24) is 13.1 Å². The van der Waals surface area contributed by atoms with Crippen molar-refractivity contribution in [1.29, 1.82) is 0 Å². The Balaban J connectivity index is 1.82. The predicted molar refractivity (Wildman–Crippen MR) is 94.5 cm³/mol. The average molecular weight is 359 g/mol. The molecule has 5 nitrogen and oxygen atoms in total. The molecule has 124 valence electrons. The van der Waals surface area contributed by atoms with Gasteiger partial charge < -0.3 is 0 Å². The quantitative estimate of drug-likeness (QED) is 0.718. The second-order valence-corrected chi connectivity index (χ2v) is 8.41. The lowest BCUT2D eigenvalue weighted by atomic mass is 10.0. The SMILES string of the molecule is Cc1ccccc1C1CCCN1S(=O)(=O)c1cccc2nsnc12. The van der Waals surface area contributed by atoms with Crippen molar-refractivity contribution < 1.29 is 8.42 Å². The van der Waals surface area contributed by atoms with Gasteiger partial charge in [-0.2, -0.15) is 13.1 Å². The molecule has 0 amide bonds. The Kier molecular flexibility index (Phi) is 3.86. The van der Waals surface area contributed by atoms with Crippen molar-refractivity contribution in [3.8, 4) is 0 Å². The summed E-state index contributed by atoms with van der Waals surface area (Å²) in [6.45, 7) is 2.57. The molecular formula is C17H17N3O2S2.